The van der Waals surface area contributed by atoms with Crippen LogP contribution in [0.2, 0.25) is 0 Å². The number of carbonyl (C=O) groups is 1. The number of hydrogen-bond acceptors (Lipinski definition) is 4. The summed E-state index contributed by atoms with van der Waals surface area (Å²) < 4.78 is 5.23. The Labute approximate surface area is 181 Å². The van der Waals surface area contributed by atoms with Crippen LogP contribution in [0.4, 0.5) is 4.79 Å². The van der Waals surface area contributed by atoms with Gasteiger partial charge in [0.2, 0.25) is 0 Å². The van der Waals surface area contributed by atoms with Gasteiger partial charge < -0.3 is 20.7 Å². The van der Waals surface area contributed by atoms with Crippen molar-refractivity contribution < 1.29 is 9.53 Å². The lowest BCUT2D eigenvalue weighted by Gasteiger charge is -2.33. The normalized spacial score (nSPS) is 18.0. The second-order valence-electron chi connectivity index (χ2n) is 8.87. The van der Waals surface area contributed by atoms with Crippen LogP contribution in [0.1, 0.15) is 58.1 Å². The maximum absolute atomic E-state index is 11.7. The number of rotatable bonds is 7. The topological polar surface area (TPSA) is 78.0 Å². The zero-order valence-corrected chi connectivity index (χ0v) is 19.3. The van der Waals surface area contributed by atoms with Crippen molar-refractivity contribution in [2.75, 3.05) is 26.7 Å². The molecule has 1 fully saturated rings. The summed E-state index contributed by atoms with van der Waals surface area (Å²) in [5, 5.41) is 9.34. The van der Waals surface area contributed by atoms with Gasteiger partial charge in [-0.1, -0.05) is 30.7 Å². The van der Waals surface area contributed by atoms with E-state index in [1.807, 2.05) is 20.8 Å². The number of aliphatic imine (C=N–C) groups is 1. The van der Waals surface area contributed by atoms with Gasteiger partial charge in [0.1, 0.15) is 5.60 Å². The van der Waals surface area contributed by atoms with Gasteiger partial charge in [-0.05, 0) is 58.2 Å². The van der Waals surface area contributed by atoms with E-state index in [1.54, 1.807) is 7.05 Å². The Bertz CT molecular complexity index is 699. The van der Waals surface area contributed by atoms with Gasteiger partial charge in [-0.3, -0.25) is 9.89 Å². The Balaban J connectivity index is 1.79. The number of piperidine rings is 1. The van der Waals surface area contributed by atoms with Crippen molar-refractivity contribution in [2.45, 2.75) is 71.7 Å². The zero-order valence-electron chi connectivity index (χ0n) is 19.3. The van der Waals surface area contributed by atoms with E-state index in [4.69, 9.17) is 4.74 Å². The first-order valence-electron chi connectivity index (χ1n) is 11.0. The maximum atomic E-state index is 11.7. The SMILES string of the molecule is CN=C(NCCNC(=O)OC(C)(C)C)NCc1ccccc1CN1CCCCC1C. The fraction of sp³-hybridized carbons (Fsp3) is 0.652. The van der Waals surface area contributed by atoms with Crippen LogP contribution in [-0.2, 0) is 17.8 Å². The fourth-order valence-electron chi connectivity index (χ4n) is 3.55. The molecule has 1 saturated heterocycles. The standard InChI is InChI=1S/C23H39N5O2/c1-18-10-8-9-15-28(18)17-20-12-7-6-11-19(20)16-27-21(24-5)25-13-14-26-22(29)30-23(2,3)4/h6-7,11-12,18H,8-10,13-17H2,1-5H3,(H,26,29)(H2,24,25,27). The molecule has 1 heterocycles. The Kier molecular flexibility index (Phi) is 9.43. The molecule has 1 aliphatic heterocycles. The molecular weight excluding hydrogens is 378 g/mol. The summed E-state index contributed by atoms with van der Waals surface area (Å²) >= 11 is 0. The number of ether oxygens (including phenoxy) is 1. The third-order valence-corrected chi connectivity index (χ3v) is 5.19. The smallest absolute Gasteiger partial charge is 0.407 e. The number of guanidine groups is 1. The van der Waals surface area contributed by atoms with Gasteiger partial charge in [0.15, 0.2) is 5.96 Å². The third kappa shape index (κ3) is 8.61. The molecule has 0 aliphatic carbocycles. The van der Waals surface area contributed by atoms with E-state index < -0.39 is 11.7 Å². The van der Waals surface area contributed by atoms with Gasteiger partial charge in [0.05, 0.1) is 0 Å². The van der Waals surface area contributed by atoms with Gasteiger partial charge in [0.25, 0.3) is 0 Å². The van der Waals surface area contributed by atoms with Crippen LogP contribution < -0.4 is 16.0 Å². The minimum atomic E-state index is -0.492. The lowest BCUT2D eigenvalue weighted by molar-refractivity contribution is 0.0529. The monoisotopic (exact) mass is 417 g/mol. The van der Waals surface area contributed by atoms with E-state index in [1.165, 1.54) is 36.9 Å². The highest BCUT2D eigenvalue weighted by Gasteiger charge is 2.19. The van der Waals surface area contributed by atoms with Crippen LogP contribution in [0.25, 0.3) is 0 Å². The molecule has 1 unspecified atom stereocenters. The Morgan fingerprint density at radius 3 is 2.50 bits per heavy atom. The van der Waals surface area contributed by atoms with Gasteiger partial charge in [-0.2, -0.15) is 0 Å². The molecule has 1 aliphatic rings. The largest absolute Gasteiger partial charge is 0.444 e. The average molecular weight is 418 g/mol. The van der Waals surface area contributed by atoms with Gasteiger partial charge in [-0.25, -0.2) is 4.79 Å². The van der Waals surface area contributed by atoms with Crippen molar-refractivity contribution in [3.05, 3.63) is 35.4 Å². The number of carbonyl (C=O) groups excluding carboxylic acids is 1. The van der Waals surface area contributed by atoms with Gasteiger partial charge in [0, 0.05) is 39.3 Å². The van der Waals surface area contributed by atoms with Crippen LogP contribution in [0.3, 0.4) is 0 Å². The summed E-state index contributed by atoms with van der Waals surface area (Å²) in [4.78, 5) is 18.6. The van der Waals surface area contributed by atoms with Crippen molar-refractivity contribution in [3.8, 4) is 0 Å². The van der Waals surface area contributed by atoms with E-state index in [2.05, 4.69) is 57.0 Å². The van der Waals surface area contributed by atoms with Crippen molar-refractivity contribution in [2.24, 2.45) is 4.99 Å². The molecule has 0 aromatic heterocycles. The molecule has 0 bridgehead atoms. The summed E-state index contributed by atoms with van der Waals surface area (Å²) in [6, 6.07) is 9.24. The molecular formula is C23H39N5O2. The Morgan fingerprint density at radius 2 is 1.83 bits per heavy atom. The summed E-state index contributed by atoms with van der Waals surface area (Å²) in [5.74, 6) is 0.710. The van der Waals surface area contributed by atoms with Crippen LogP contribution in [0, 0.1) is 0 Å². The van der Waals surface area contributed by atoms with Gasteiger partial charge in [-0.15, -0.1) is 0 Å². The molecule has 7 heteroatoms. The molecule has 1 amide bonds. The van der Waals surface area contributed by atoms with Crippen LogP contribution >= 0.6 is 0 Å². The molecule has 1 aromatic carbocycles. The van der Waals surface area contributed by atoms with Crippen molar-refractivity contribution >= 4 is 12.1 Å². The van der Waals surface area contributed by atoms with Crippen molar-refractivity contribution in [1.29, 1.82) is 0 Å². The lowest BCUT2D eigenvalue weighted by Crippen LogP contribution is -2.42. The molecule has 2 rings (SSSR count). The first-order valence-corrected chi connectivity index (χ1v) is 11.0. The number of nitrogens with zero attached hydrogens (tertiary/aromatic N) is 2. The predicted molar refractivity (Wildman–Crippen MR) is 123 cm³/mol. The number of benzene rings is 1. The number of amides is 1. The summed E-state index contributed by atoms with van der Waals surface area (Å²) in [5.41, 5.74) is 2.15. The molecule has 0 spiro atoms. The van der Waals surface area contributed by atoms with E-state index in [0.717, 1.165) is 6.54 Å². The molecule has 7 nitrogen and oxygen atoms in total. The molecule has 0 radical (unpaired) electrons. The average Bonchev–Trinajstić information content (AvgIpc) is 2.69. The molecule has 168 valence electrons. The molecule has 3 N–H and O–H groups in total. The highest BCUT2D eigenvalue weighted by Crippen LogP contribution is 2.20. The number of alkyl carbamates (subject to hydrolysis) is 1. The molecule has 1 atom stereocenters. The zero-order chi connectivity index (χ0) is 22.0. The summed E-state index contributed by atoms with van der Waals surface area (Å²) in [7, 11) is 1.75. The minimum absolute atomic E-state index is 0.409. The first kappa shape index (κ1) is 24.0. The molecule has 30 heavy (non-hydrogen) atoms. The van der Waals surface area contributed by atoms with Crippen molar-refractivity contribution in [1.82, 2.24) is 20.9 Å². The second kappa shape index (κ2) is 11.8. The van der Waals surface area contributed by atoms with E-state index in [0.29, 0.717) is 31.6 Å². The summed E-state index contributed by atoms with van der Waals surface area (Å²) in [6.45, 7) is 11.8. The lowest BCUT2D eigenvalue weighted by atomic mass is 10.0. The first-order chi connectivity index (χ1) is 14.3. The quantitative estimate of drug-likeness (QED) is 0.361. The van der Waals surface area contributed by atoms with Crippen LogP contribution in [0.15, 0.2) is 29.3 Å². The number of hydrogen-bond donors (Lipinski definition) is 3. The van der Waals surface area contributed by atoms with E-state index >= 15 is 0 Å². The number of likely N-dealkylation sites (tertiary alicyclic amines) is 1. The summed E-state index contributed by atoms with van der Waals surface area (Å²) in [6.07, 6.45) is 3.51. The second-order valence-corrected chi connectivity index (χ2v) is 8.87. The molecule has 1 aromatic rings. The van der Waals surface area contributed by atoms with Crippen molar-refractivity contribution in [3.63, 3.8) is 0 Å². The highest BCUT2D eigenvalue weighted by atomic mass is 16.6. The van der Waals surface area contributed by atoms with E-state index in [9.17, 15) is 4.79 Å². The third-order valence-electron chi connectivity index (χ3n) is 5.19. The predicted octanol–water partition coefficient (Wildman–Crippen LogP) is 3.25. The Hall–Kier alpha value is -2.28. The highest BCUT2D eigenvalue weighted by molar-refractivity contribution is 5.79. The maximum Gasteiger partial charge on any atom is 0.407 e. The fourth-order valence-corrected chi connectivity index (χ4v) is 3.55. The van der Waals surface area contributed by atoms with Crippen LogP contribution in [0.5, 0.6) is 0 Å². The van der Waals surface area contributed by atoms with Gasteiger partial charge >= 0.3 is 6.09 Å². The molecule has 0 saturated carbocycles. The minimum Gasteiger partial charge on any atom is -0.444 e. The Morgan fingerprint density at radius 1 is 1.13 bits per heavy atom. The van der Waals surface area contributed by atoms with Crippen LogP contribution in [-0.4, -0.2) is 55.3 Å². The van der Waals surface area contributed by atoms with E-state index in [-0.39, 0.29) is 0 Å². The number of nitrogens with one attached hydrogen (secondary N) is 3.